The molecule has 166 valence electrons. The van der Waals surface area contributed by atoms with E-state index in [1.165, 1.54) is 6.92 Å². The van der Waals surface area contributed by atoms with Crippen LogP contribution in [-0.2, 0) is 0 Å². The molecule has 0 bridgehead atoms. The number of carbonyl (C=O) groups is 1. The molecule has 2 amide bonds. The number of nitriles is 1. The standard InChI is InChI=1S/C20H21ClF3N5OS/c1-4-6-13(21)7-8-16-17(26)31-19(28-16)29-18(30)27-14(5-2)11-15(20(22,23)24)12(3)9-10-25/h5-8,11H,2,4,9,26H2,1,3H3,(H2,27,28,29,30)/b8-7-,13-6+,14-11+,15-12-. The van der Waals surface area contributed by atoms with Crippen LogP contribution in [0.5, 0.6) is 0 Å². The Labute approximate surface area is 187 Å². The predicted octanol–water partition coefficient (Wildman–Crippen LogP) is 6.26. The van der Waals surface area contributed by atoms with Crippen LogP contribution in [0.2, 0.25) is 0 Å². The summed E-state index contributed by atoms with van der Waals surface area (Å²) in [5.41, 5.74) is 4.83. The van der Waals surface area contributed by atoms with Crippen LogP contribution < -0.4 is 16.4 Å². The maximum atomic E-state index is 13.3. The fraction of sp³-hybridized carbons (Fsp3) is 0.250. The summed E-state index contributed by atoms with van der Waals surface area (Å²) in [6.45, 7) is 6.53. The molecule has 0 aliphatic rings. The van der Waals surface area contributed by atoms with Gasteiger partial charge in [0.2, 0.25) is 0 Å². The molecule has 4 N–H and O–H groups in total. The van der Waals surface area contributed by atoms with E-state index < -0.39 is 24.2 Å². The minimum absolute atomic E-state index is 0.140. The lowest BCUT2D eigenvalue weighted by Crippen LogP contribution is -2.28. The van der Waals surface area contributed by atoms with E-state index in [9.17, 15) is 18.0 Å². The first kappa shape index (κ1) is 26.0. The molecule has 1 heterocycles. The van der Waals surface area contributed by atoms with E-state index in [1.54, 1.807) is 24.3 Å². The van der Waals surface area contributed by atoms with Gasteiger partial charge in [0.1, 0.15) is 5.00 Å². The zero-order valence-corrected chi connectivity index (χ0v) is 18.4. The molecule has 0 radical (unpaired) electrons. The van der Waals surface area contributed by atoms with Crippen molar-refractivity contribution in [3.8, 4) is 6.07 Å². The Kier molecular flexibility index (Phi) is 10.0. The molecule has 0 aromatic carbocycles. The molecule has 1 aromatic rings. The summed E-state index contributed by atoms with van der Waals surface area (Å²) in [6, 6.07) is 0.833. The minimum Gasteiger partial charge on any atom is -0.389 e. The van der Waals surface area contributed by atoms with Crippen molar-refractivity contribution in [3.05, 3.63) is 58.5 Å². The van der Waals surface area contributed by atoms with Crippen molar-refractivity contribution in [2.75, 3.05) is 11.1 Å². The highest BCUT2D eigenvalue weighted by Crippen LogP contribution is 2.31. The Morgan fingerprint density at radius 1 is 1.45 bits per heavy atom. The lowest BCUT2D eigenvalue weighted by atomic mass is 10.1. The molecule has 0 saturated carbocycles. The molecular formula is C20H21ClF3N5OS. The molecule has 0 spiro atoms. The van der Waals surface area contributed by atoms with Gasteiger partial charge in [-0.25, -0.2) is 9.78 Å². The quantitative estimate of drug-likeness (QED) is 0.389. The van der Waals surface area contributed by atoms with E-state index in [0.29, 0.717) is 21.8 Å². The van der Waals surface area contributed by atoms with Gasteiger partial charge in [0.15, 0.2) is 5.13 Å². The van der Waals surface area contributed by atoms with Gasteiger partial charge in [-0.3, -0.25) is 5.32 Å². The van der Waals surface area contributed by atoms with Crippen molar-refractivity contribution in [2.45, 2.75) is 32.9 Å². The Bertz CT molecular complexity index is 984. The summed E-state index contributed by atoms with van der Waals surface area (Å²) in [7, 11) is 0. The van der Waals surface area contributed by atoms with E-state index in [2.05, 4.69) is 22.2 Å². The highest BCUT2D eigenvalue weighted by molar-refractivity contribution is 7.19. The second-order valence-corrected chi connectivity index (χ2v) is 7.48. The molecule has 0 aliphatic heterocycles. The van der Waals surface area contributed by atoms with E-state index in [0.717, 1.165) is 23.8 Å². The van der Waals surface area contributed by atoms with Crippen molar-refractivity contribution in [1.29, 1.82) is 5.26 Å². The highest BCUT2D eigenvalue weighted by atomic mass is 35.5. The number of nitrogen functional groups attached to an aromatic ring is 1. The molecule has 1 aromatic heterocycles. The monoisotopic (exact) mass is 471 g/mol. The molecular weight excluding hydrogens is 451 g/mol. The molecule has 0 aliphatic carbocycles. The van der Waals surface area contributed by atoms with E-state index in [4.69, 9.17) is 22.6 Å². The van der Waals surface area contributed by atoms with Gasteiger partial charge < -0.3 is 11.1 Å². The number of halogens is 4. The smallest absolute Gasteiger partial charge is 0.389 e. The number of urea groups is 1. The van der Waals surface area contributed by atoms with Crippen LogP contribution in [0.1, 0.15) is 32.4 Å². The maximum Gasteiger partial charge on any atom is 0.416 e. The number of alkyl halides is 3. The van der Waals surface area contributed by atoms with Gasteiger partial charge in [-0.2, -0.15) is 18.4 Å². The second kappa shape index (κ2) is 12.0. The Morgan fingerprint density at radius 3 is 2.68 bits per heavy atom. The number of anilines is 2. The number of nitrogens with one attached hydrogen (secondary N) is 2. The van der Waals surface area contributed by atoms with Gasteiger partial charge in [-0.1, -0.05) is 42.5 Å². The number of nitrogens with two attached hydrogens (primary N) is 1. The van der Waals surface area contributed by atoms with Crippen LogP contribution in [0.4, 0.5) is 28.1 Å². The third kappa shape index (κ3) is 8.70. The van der Waals surface area contributed by atoms with E-state index in [-0.39, 0.29) is 16.4 Å². The number of thiazole rings is 1. The summed E-state index contributed by atoms with van der Waals surface area (Å²) >= 11 is 6.96. The fourth-order valence-corrected chi connectivity index (χ4v) is 3.09. The highest BCUT2D eigenvalue weighted by Gasteiger charge is 2.34. The normalized spacial score (nSPS) is 13.6. The third-order valence-electron chi connectivity index (χ3n) is 3.59. The molecule has 31 heavy (non-hydrogen) atoms. The summed E-state index contributed by atoms with van der Waals surface area (Å²) in [6.07, 6.45) is 2.38. The Hall–Kier alpha value is -3.03. The molecule has 0 unspecified atom stereocenters. The SMILES string of the molecule is C=C/C(=C\C(=C(/C)CC#N)C(F)(F)F)NC(=O)Nc1nc(/C=C\C(Cl)=C/CC)c(N)s1. The first-order valence-corrected chi connectivity index (χ1v) is 10.1. The molecule has 1 rings (SSSR count). The van der Waals surface area contributed by atoms with Crippen molar-refractivity contribution in [3.63, 3.8) is 0 Å². The third-order valence-corrected chi connectivity index (χ3v) is 4.68. The fourth-order valence-electron chi connectivity index (χ4n) is 2.16. The first-order valence-electron chi connectivity index (χ1n) is 8.87. The predicted molar refractivity (Wildman–Crippen MR) is 119 cm³/mol. The van der Waals surface area contributed by atoms with Crippen LogP contribution >= 0.6 is 22.9 Å². The van der Waals surface area contributed by atoms with Crippen molar-refractivity contribution in [2.24, 2.45) is 0 Å². The van der Waals surface area contributed by atoms with Crippen LogP contribution in [0.3, 0.4) is 0 Å². The Morgan fingerprint density at radius 2 is 2.13 bits per heavy atom. The molecule has 6 nitrogen and oxygen atoms in total. The largest absolute Gasteiger partial charge is 0.416 e. The summed E-state index contributed by atoms with van der Waals surface area (Å²) in [4.78, 5) is 16.3. The van der Waals surface area contributed by atoms with Crippen LogP contribution in [0, 0.1) is 11.3 Å². The Balaban J connectivity index is 3.00. The van der Waals surface area contributed by atoms with Crippen molar-refractivity contribution in [1.82, 2.24) is 10.3 Å². The van der Waals surface area contributed by atoms with Crippen molar-refractivity contribution < 1.29 is 18.0 Å². The average molecular weight is 472 g/mol. The zero-order chi connectivity index (χ0) is 23.6. The molecule has 11 heteroatoms. The number of nitrogens with zero attached hydrogens (tertiary/aromatic N) is 2. The number of aromatic nitrogens is 1. The lowest BCUT2D eigenvalue weighted by Gasteiger charge is -2.13. The molecule has 0 atom stereocenters. The van der Waals surface area contributed by atoms with E-state index >= 15 is 0 Å². The topological polar surface area (TPSA) is 104 Å². The van der Waals surface area contributed by atoms with Crippen LogP contribution in [0.15, 0.2) is 52.8 Å². The summed E-state index contributed by atoms with van der Waals surface area (Å²) < 4.78 is 39.8. The zero-order valence-electron chi connectivity index (χ0n) is 16.8. The summed E-state index contributed by atoms with van der Waals surface area (Å²) in [5, 5.41) is 14.3. The first-order chi connectivity index (χ1) is 14.5. The minimum atomic E-state index is -4.70. The number of hydrogen-bond donors (Lipinski definition) is 3. The van der Waals surface area contributed by atoms with Crippen LogP contribution in [-0.4, -0.2) is 17.2 Å². The lowest BCUT2D eigenvalue weighted by molar-refractivity contribution is -0.0891. The number of hydrogen-bond acceptors (Lipinski definition) is 5. The van der Waals surface area contributed by atoms with Gasteiger partial charge >= 0.3 is 12.2 Å². The summed E-state index contributed by atoms with van der Waals surface area (Å²) in [5.74, 6) is 0. The average Bonchev–Trinajstić information content (AvgIpc) is 3.01. The van der Waals surface area contributed by atoms with E-state index in [1.807, 2.05) is 6.92 Å². The van der Waals surface area contributed by atoms with Gasteiger partial charge in [0.25, 0.3) is 0 Å². The van der Waals surface area contributed by atoms with Crippen LogP contribution in [0.25, 0.3) is 6.08 Å². The second-order valence-electron chi connectivity index (χ2n) is 6.01. The van der Waals surface area contributed by atoms with Crippen molar-refractivity contribution >= 4 is 45.2 Å². The van der Waals surface area contributed by atoms with Gasteiger partial charge in [0.05, 0.1) is 23.8 Å². The maximum absolute atomic E-state index is 13.3. The van der Waals surface area contributed by atoms with Gasteiger partial charge in [-0.15, -0.1) is 0 Å². The molecule has 0 fully saturated rings. The molecule has 0 saturated heterocycles. The van der Waals surface area contributed by atoms with Gasteiger partial charge in [-0.05, 0) is 43.2 Å². The van der Waals surface area contributed by atoms with Gasteiger partial charge in [0, 0.05) is 10.7 Å². The number of carbonyl (C=O) groups excluding carboxylic acids is 1. The number of allylic oxidation sites excluding steroid dienone is 7. The number of amides is 2. The number of rotatable bonds is 8.